The fourth-order valence-electron chi connectivity index (χ4n) is 0.414. The zero-order chi connectivity index (χ0) is 7.98. The molecule has 0 saturated carbocycles. The van der Waals surface area contributed by atoms with Crippen molar-refractivity contribution in [3.8, 4) is 0 Å². The standard InChI is InChI=1S/C6H14N4/c1-2-5(7)3-4-6(8)10-9/h2-3,6,10H,1,4,7-9H2/b5-3+. The van der Waals surface area contributed by atoms with E-state index in [0.29, 0.717) is 12.1 Å². The van der Waals surface area contributed by atoms with Gasteiger partial charge in [0.25, 0.3) is 0 Å². The summed E-state index contributed by atoms with van der Waals surface area (Å²) in [4.78, 5) is 0. The Hall–Kier alpha value is -0.840. The van der Waals surface area contributed by atoms with E-state index < -0.39 is 0 Å². The molecule has 0 aliphatic rings. The number of allylic oxidation sites excluding steroid dienone is 1. The third kappa shape index (κ3) is 4.08. The van der Waals surface area contributed by atoms with Crippen molar-refractivity contribution >= 4 is 0 Å². The van der Waals surface area contributed by atoms with E-state index in [0.717, 1.165) is 0 Å². The second-order valence-corrected chi connectivity index (χ2v) is 1.92. The van der Waals surface area contributed by atoms with E-state index in [-0.39, 0.29) is 6.17 Å². The molecule has 0 heterocycles. The minimum Gasteiger partial charge on any atom is -0.399 e. The highest BCUT2D eigenvalue weighted by Gasteiger charge is 1.93. The van der Waals surface area contributed by atoms with Crippen LogP contribution in [0, 0.1) is 0 Å². The smallest absolute Gasteiger partial charge is 0.0712 e. The van der Waals surface area contributed by atoms with Gasteiger partial charge in [-0.05, 0) is 12.5 Å². The molecular weight excluding hydrogens is 128 g/mol. The highest BCUT2D eigenvalue weighted by atomic mass is 15.3. The molecule has 0 aliphatic heterocycles. The molecule has 4 nitrogen and oxygen atoms in total. The van der Waals surface area contributed by atoms with E-state index in [1.165, 1.54) is 0 Å². The monoisotopic (exact) mass is 142 g/mol. The number of hydrogen-bond acceptors (Lipinski definition) is 4. The molecule has 58 valence electrons. The zero-order valence-corrected chi connectivity index (χ0v) is 5.88. The van der Waals surface area contributed by atoms with Crippen LogP contribution in [0.15, 0.2) is 24.4 Å². The summed E-state index contributed by atoms with van der Waals surface area (Å²) in [6.07, 6.45) is 3.69. The molecule has 0 bridgehead atoms. The molecule has 10 heavy (non-hydrogen) atoms. The molecule has 0 spiro atoms. The first-order valence-electron chi connectivity index (χ1n) is 3.00. The molecule has 0 fully saturated rings. The Morgan fingerprint density at radius 3 is 2.70 bits per heavy atom. The molecule has 4 heteroatoms. The number of nitrogens with two attached hydrogens (primary N) is 3. The summed E-state index contributed by atoms with van der Waals surface area (Å²) in [6.45, 7) is 3.48. The first kappa shape index (κ1) is 9.16. The first-order valence-corrected chi connectivity index (χ1v) is 3.00. The maximum Gasteiger partial charge on any atom is 0.0712 e. The van der Waals surface area contributed by atoms with Gasteiger partial charge in [-0.15, -0.1) is 0 Å². The summed E-state index contributed by atoms with van der Waals surface area (Å²) < 4.78 is 0. The van der Waals surface area contributed by atoms with Gasteiger partial charge in [-0.3, -0.25) is 5.84 Å². The van der Waals surface area contributed by atoms with E-state index in [4.69, 9.17) is 17.3 Å². The van der Waals surface area contributed by atoms with Gasteiger partial charge in [-0.2, -0.15) is 0 Å². The van der Waals surface area contributed by atoms with Gasteiger partial charge in [0.15, 0.2) is 0 Å². The van der Waals surface area contributed by atoms with Crippen LogP contribution in [0.2, 0.25) is 0 Å². The molecule has 0 aromatic carbocycles. The van der Waals surface area contributed by atoms with E-state index >= 15 is 0 Å². The highest BCUT2D eigenvalue weighted by molar-refractivity contribution is 5.11. The molecule has 1 atom stereocenters. The molecule has 0 saturated heterocycles. The van der Waals surface area contributed by atoms with Crippen molar-refractivity contribution in [1.82, 2.24) is 5.43 Å². The van der Waals surface area contributed by atoms with Crippen LogP contribution in [0.1, 0.15) is 6.42 Å². The minimum absolute atomic E-state index is 0.238. The van der Waals surface area contributed by atoms with Gasteiger partial charge in [0.05, 0.1) is 6.17 Å². The molecule has 0 aromatic rings. The van der Waals surface area contributed by atoms with Crippen LogP contribution in [-0.2, 0) is 0 Å². The molecule has 7 N–H and O–H groups in total. The van der Waals surface area contributed by atoms with E-state index in [1.54, 1.807) is 12.2 Å². The first-order chi connectivity index (χ1) is 4.70. The maximum atomic E-state index is 5.41. The van der Waals surface area contributed by atoms with Gasteiger partial charge in [0.2, 0.25) is 0 Å². The van der Waals surface area contributed by atoms with Crippen molar-refractivity contribution in [3.05, 3.63) is 24.4 Å². The fraction of sp³-hybridized carbons (Fsp3) is 0.333. The fourth-order valence-corrected chi connectivity index (χ4v) is 0.414. The second-order valence-electron chi connectivity index (χ2n) is 1.92. The Morgan fingerprint density at radius 2 is 2.30 bits per heavy atom. The third-order valence-corrected chi connectivity index (χ3v) is 1.06. The van der Waals surface area contributed by atoms with Crippen LogP contribution in [0.4, 0.5) is 0 Å². The zero-order valence-electron chi connectivity index (χ0n) is 5.88. The lowest BCUT2D eigenvalue weighted by Gasteiger charge is -2.05. The SMILES string of the molecule is C=C/C(N)=C\CC(N)NN. The van der Waals surface area contributed by atoms with Gasteiger partial charge < -0.3 is 11.5 Å². The van der Waals surface area contributed by atoms with Crippen LogP contribution in [0.5, 0.6) is 0 Å². The van der Waals surface area contributed by atoms with Crippen LogP contribution in [0.25, 0.3) is 0 Å². The van der Waals surface area contributed by atoms with E-state index in [1.807, 2.05) is 0 Å². The van der Waals surface area contributed by atoms with Gasteiger partial charge in [-0.1, -0.05) is 12.7 Å². The van der Waals surface area contributed by atoms with Crippen molar-refractivity contribution in [1.29, 1.82) is 0 Å². The minimum atomic E-state index is -0.238. The predicted octanol–water partition coefficient (Wildman–Crippen LogP) is -0.847. The van der Waals surface area contributed by atoms with Gasteiger partial charge in [0.1, 0.15) is 0 Å². The topological polar surface area (TPSA) is 90.1 Å². The van der Waals surface area contributed by atoms with Crippen molar-refractivity contribution in [3.63, 3.8) is 0 Å². The Labute approximate surface area is 60.7 Å². The number of hydrazine groups is 1. The molecular formula is C6H14N4. The summed E-state index contributed by atoms with van der Waals surface area (Å²) in [5, 5.41) is 0. The normalized spacial score (nSPS) is 14.8. The molecule has 0 aliphatic carbocycles. The Kier molecular flexibility index (Phi) is 4.57. The molecule has 0 rings (SSSR count). The van der Waals surface area contributed by atoms with Crippen LogP contribution in [0.3, 0.4) is 0 Å². The van der Waals surface area contributed by atoms with E-state index in [9.17, 15) is 0 Å². The van der Waals surface area contributed by atoms with Gasteiger partial charge >= 0.3 is 0 Å². The summed E-state index contributed by atoms with van der Waals surface area (Å²) >= 11 is 0. The molecule has 0 aromatic heterocycles. The van der Waals surface area contributed by atoms with Crippen LogP contribution >= 0.6 is 0 Å². The average molecular weight is 142 g/mol. The summed E-state index contributed by atoms with van der Waals surface area (Å²) in [5.41, 5.74) is 13.8. The molecule has 0 amide bonds. The second kappa shape index (κ2) is 4.99. The summed E-state index contributed by atoms with van der Waals surface area (Å²) in [5.74, 6) is 5.03. The average Bonchev–Trinajstić information content (AvgIpc) is 1.99. The van der Waals surface area contributed by atoms with Crippen molar-refractivity contribution in [2.45, 2.75) is 12.6 Å². The lowest BCUT2D eigenvalue weighted by atomic mass is 10.3. The number of hydrogen-bond donors (Lipinski definition) is 4. The lowest BCUT2D eigenvalue weighted by molar-refractivity contribution is 0.552. The third-order valence-electron chi connectivity index (χ3n) is 1.06. The number of nitrogens with one attached hydrogen (secondary N) is 1. The van der Waals surface area contributed by atoms with Crippen molar-refractivity contribution in [2.75, 3.05) is 0 Å². The van der Waals surface area contributed by atoms with Crippen LogP contribution < -0.4 is 22.7 Å². The van der Waals surface area contributed by atoms with Gasteiger partial charge in [0, 0.05) is 5.70 Å². The van der Waals surface area contributed by atoms with Crippen molar-refractivity contribution in [2.24, 2.45) is 17.3 Å². The summed E-state index contributed by atoms with van der Waals surface area (Å²) in [7, 11) is 0. The van der Waals surface area contributed by atoms with E-state index in [2.05, 4.69) is 12.0 Å². The quantitative estimate of drug-likeness (QED) is 0.178. The largest absolute Gasteiger partial charge is 0.399 e. The number of rotatable bonds is 4. The Morgan fingerprint density at radius 1 is 1.70 bits per heavy atom. The maximum absolute atomic E-state index is 5.41. The Bertz CT molecular complexity index is 130. The van der Waals surface area contributed by atoms with Gasteiger partial charge in [-0.25, -0.2) is 5.43 Å². The summed E-state index contributed by atoms with van der Waals surface area (Å²) in [6, 6.07) is 0. The van der Waals surface area contributed by atoms with Crippen molar-refractivity contribution < 1.29 is 0 Å². The van der Waals surface area contributed by atoms with Crippen LogP contribution in [-0.4, -0.2) is 6.17 Å². The molecule has 1 unspecified atom stereocenters. The lowest BCUT2D eigenvalue weighted by Crippen LogP contribution is -2.41. The predicted molar refractivity (Wildman–Crippen MR) is 42.4 cm³/mol. The molecule has 0 radical (unpaired) electrons. The highest BCUT2D eigenvalue weighted by Crippen LogP contribution is 1.89. The Balaban J connectivity index is 3.60.